The third-order valence-corrected chi connectivity index (χ3v) is 2.76. The van der Waals surface area contributed by atoms with Crippen LogP contribution in [0.25, 0.3) is 12.2 Å². The molecule has 0 radical (unpaired) electrons. The molecule has 2 aromatic carbocycles. The Morgan fingerprint density at radius 1 is 0.840 bits per heavy atom. The molecule has 0 aliphatic heterocycles. The molecule has 4 nitrogen and oxygen atoms in total. The molecule has 0 saturated carbocycles. The molecule has 0 unspecified atom stereocenters. The van der Waals surface area contributed by atoms with Crippen molar-refractivity contribution in [3.8, 4) is 0 Å². The van der Waals surface area contributed by atoms with E-state index >= 15 is 0 Å². The number of hydrogen-bond acceptors (Lipinski definition) is 3. The molecule has 0 heterocycles. The van der Waals surface area contributed by atoms with Crippen LogP contribution in [0.15, 0.2) is 72.5 Å². The van der Waals surface area contributed by atoms with Crippen LogP contribution >= 0.6 is 0 Å². The van der Waals surface area contributed by atoms with Crippen molar-refractivity contribution in [1.29, 1.82) is 0 Å². The average molecular weight is 547 g/mol. The Hall–Kier alpha value is -0.179. The van der Waals surface area contributed by atoms with Crippen molar-refractivity contribution in [3.05, 3.63) is 83.6 Å². The fourth-order valence-electron chi connectivity index (χ4n) is 1.76. The van der Waals surface area contributed by atoms with E-state index in [9.17, 15) is 9.59 Å². The zero-order chi connectivity index (χ0) is 15.8. The molecule has 0 atom stereocenters. The minimum absolute atomic E-state index is 0. The molecule has 7 heteroatoms. The molecule has 2 rings (SSSR count). The molecular weight excluding hydrogens is 532 g/mol. The predicted octanol–water partition coefficient (Wildman–Crippen LogP) is 3.35. The molecule has 2 aromatic rings. The quantitative estimate of drug-likeness (QED) is 0.270. The third kappa shape index (κ3) is 10.5. The Bertz CT molecular complexity index is 716. The topological polar surface area (TPSA) is 63.6 Å². The van der Waals surface area contributed by atoms with Gasteiger partial charge in [-0.25, -0.2) is 4.79 Å². The number of rotatable bonds is 5. The molecule has 1 N–H and O–H groups in total. The first-order chi connectivity index (χ1) is 10.6. The second-order valence-electron chi connectivity index (χ2n) is 4.40. The second-order valence-corrected chi connectivity index (χ2v) is 4.40. The van der Waals surface area contributed by atoms with Crippen molar-refractivity contribution in [1.82, 2.24) is 0 Å². The van der Waals surface area contributed by atoms with E-state index < -0.39 is 11.9 Å². The van der Waals surface area contributed by atoms with Crippen LogP contribution < -0.4 is 0 Å². The van der Waals surface area contributed by atoms with Gasteiger partial charge in [-0.3, -0.25) is 4.79 Å². The maximum atomic E-state index is 12.1. The number of hydrogen-bond donors (Lipinski definition) is 1. The van der Waals surface area contributed by atoms with E-state index in [1.54, 1.807) is 30.3 Å². The molecule has 0 aromatic heterocycles. The summed E-state index contributed by atoms with van der Waals surface area (Å²) in [6.07, 6.45) is 2.76. The van der Waals surface area contributed by atoms with E-state index in [0.29, 0.717) is 5.56 Å². The number of carboxylic acid groups (broad SMARTS) is 1. The van der Waals surface area contributed by atoms with E-state index in [-0.39, 0.29) is 98.0 Å². The van der Waals surface area contributed by atoms with Gasteiger partial charge >= 0.3 is 57.5 Å². The van der Waals surface area contributed by atoms with Crippen molar-refractivity contribution in [2.45, 2.75) is 0 Å². The zero-order valence-electron chi connectivity index (χ0n) is 12.3. The summed E-state index contributed by atoms with van der Waals surface area (Å²) in [5, 5.41) is 8.76. The first-order valence-electron chi connectivity index (χ1n) is 6.60. The van der Waals surface area contributed by atoms with Crippen molar-refractivity contribution < 1.29 is 60.3 Å². The molecule has 132 valence electrons. The van der Waals surface area contributed by atoms with Gasteiger partial charge in [-0.1, -0.05) is 66.7 Å². The molecule has 0 aliphatic rings. The maximum Gasteiger partial charge on any atom is 0 e. The summed E-state index contributed by atoms with van der Waals surface area (Å²) in [6, 6.07) is 18.1. The van der Waals surface area contributed by atoms with Gasteiger partial charge in [-0.2, -0.15) is 0 Å². The number of ether oxygens (including phenoxy) is 1. The van der Waals surface area contributed by atoms with Gasteiger partial charge in [0, 0.05) is 40.8 Å². The van der Waals surface area contributed by atoms with Gasteiger partial charge in [0.25, 0.3) is 0 Å². The van der Waals surface area contributed by atoms with Crippen LogP contribution in [0.2, 0.25) is 0 Å². The van der Waals surface area contributed by atoms with Gasteiger partial charge in [0.15, 0.2) is 5.76 Å². The van der Waals surface area contributed by atoms with Gasteiger partial charge in [0.1, 0.15) is 0 Å². The Balaban J connectivity index is 0. The molecule has 0 amide bonds. The standard InChI is InChI=1S/C18H14O4.K.2Pd.H/c19-16(12-11-14-7-3-1-4-8-14)17(22-18(20)21)13-15-9-5-2-6-10-15;;;;/h1-13H,(H,20,21);;;;. The number of benzene rings is 2. The Morgan fingerprint density at radius 3 is 1.80 bits per heavy atom. The molecule has 0 saturated heterocycles. The normalized spacial score (nSPS) is 10.0. The number of carbonyl (C=O) groups is 2. The first kappa shape index (κ1) is 27.0. The van der Waals surface area contributed by atoms with Crippen molar-refractivity contribution >= 4 is 75.5 Å². The van der Waals surface area contributed by atoms with Crippen LogP contribution in [0, 0.1) is 0 Å². The van der Waals surface area contributed by atoms with Crippen LogP contribution in [-0.4, -0.2) is 68.4 Å². The summed E-state index contributed by atoms with van der Waals surface area (Å²) in [4.78, 5) is 22.9. The number of carbonyl (C=O) groups excluding carboxylic acids is 1. The fraction of sp³-hybridized carbons (Fsp3) is 0. The minimum Gasteiger partial charge on any atom is 0 e. The average Bonchev–Trinajstić information content (AvgIpc) is 2.53. The van der Waals surface area contributed by atoms with Crippen LogP contribution in [-0.2, 0) is 50.4 Å². The summed E-state index contributed by atoms with van der Waals surface area (Å²) in [7, 11) is 0. The molecule has 0 fully saturated rings. The fourth-order valence-corrected chi connectivity index (χ4v) is 1.76. The van der Waals surface area contributed by atoms with Gasteiger partial charge < -0.3 is 9.84 Å². The van der Waals surface area contributed by atoms with Crippen molar-refractivity contribution in [3.63, 3.8) is 0 Å². The molecule has 0 bridgehead atoms. The van der Waals surface area contributed by atoms with Crippen LogP contribution in [0.3, 0.4) is 0 Å². The Labute approximate surface area is 216 Å². The second kappa shape index (κ2) is 14.9. The molecular formula is C18H15KO4Pd2. The van der Waals surface area contributed by atoms with Crippen LogP contribution in [0.4, 0.5) is 4.79 Å². The van der Waals surface area contributed by atoms with Gasteiger partial charge in [-0.15, -0.1) is 0 Å². The Kier molecular flexibility index (Phi) is 16.2. The predicted molar refractivity (Wildman–Crippen MR) is 91.2 cm³/mol. The summed E-state index contributed by atoms with van der Waals surface area (Å²) >= 11 is 0. The smallest absolute Gasteiger partial charge is 0 e. The maximum absolute atomic E-state index is 12.1. The van der Waals surface area contributed by atoms with Crippen molar-refractivity contribution in [2.24, 2.45) is 0 Å². The Morgan fingerprint density at radius 2 is 1.32 bits per heavy atom. The van der Waals surface area contributed by atoms with E-state index in [4.69, 9.17) is 5.11 Å². The third-order valence-electron chi connectivity index (χ3n) is 2.76. The van der Waals surface area contributed by atoms with Gasteiger partial charge in [0.2, 0.25) is 5.78 Å². The van der Waals surface area contributed by atoms with Gasteiger partial charge in [-0.05, 0) is 23.3 Å². The minimum atomic E-state index is -1.52. The summed E-state index contributed by atoms with van der Waals surface area (Å²) < 4.78 is 4.58. The SMILES string of the molecule is O=C(O)OC(=Cc1ccccc1)C(=O)C=Cc1ccccc1.[KH].[Pd].[Pd]. The molecule has 0 spiro atoms. The molecule has 25 heavy (non-hydrogen) atoms. The first-order valence-corrected chi connectivity index (χ1v) is 6.60. The summed E-state index contributed by atoms with van der Waals surface area (Å²) in [5.41, 5.74) is 1.52. The van der Waals surface area contributed by atoms with E-state index in [0.717, 1.165) is 5.56 Å². The number of ketones is 1. The van der Waals surface area contributed by atoms with E-state index in [2.05, 4.69) is 4.74 Å². The summed E-state index contributed by atoms with van der Waals surface area (Å²) in [5.74, 6) is -0.763. The van der Waals surface area contributed by atoms with Crippen LogP contribution in [0.5, 0.6) is 0 Å². The molecule has 0 aliphatic carbocycles. The van der Waals surface area contributed by atoms with E-state index in [1.807, 2.05) is 36.4 Å². The summed E-state index contributed by atoms with van der Waals surface area (Å²) in [6.45, 7) is 0. The zero-order valence-corrected chi connectivity index (χ0v) is 15.4. The monoisotopic (exact) mass is 546 g/mol. The number of allylic oxidation sites excluding steroid dienone is 1. The van der Waals surface area contributed by atoms with E-state index in [1.165, 1.54) is 12.2 Å². The largest absolute Gasteiger partial charge is 0 e. The van der Waals surface area contributed by atoms with Crippen molar-refractivity contribution in [2.75, 3.05) is 0 Å². The van der Waals surface area contributed by atoms with Crippen LogP contribution in [0.1, 0.15) is 11.1 Å². The van der Waals surface area contributed by atoms with Gasteiger partial charge in [0.05, 0.1) is 0 Å².